The second kappa shape index (κ2) is 6.07. The number of rotatable bonds is 3. The van der Waals surface area contributed by atoms with Crippen LogP contribution in [0.25, 0.3) is 0 Å². The van der Waals surface area contributed by atoms with Crippen LogP contribution in [0.4, 0.5) is 4.39 Å². The minimum Gasteiger partial charge on any atom is -0.327 e. The van der Waals surface area contributed by atoms with Crippen LogP contribution in [0, 0.1) is 17.7 Å². The van der Waals surface area contributed by atoms with Gasteiger partial charge in [-0.25, -0.2) is 4.39 Å². The molecule has 0 saturated heterocycles. The number of hydrogen-bond donors (Lipinski definition) is 1. The van der Waals surface area contributed by atoms with Crippen LogP contribution >= 0.6 is 11.8 Å². The topological polar surface area (TPSA) is 26.0 Å². The molecule has 0 aliphatic heterocycles. The first-order chi connectivity index (χ1) is 8.58. The third-order valence-electron chi connectivity index (χ3n) is 3.94. The summed E-state index contributed by atoms with van der Waals surface area (Å²) in [6.07, 6.45) is 3.39. The molecular weight excluding hydrogens is 245 g/mol. The first-order valence-corrected chi connectivity index (χ1v) is 7.62. The summed E-state index contributed by atoms with van der Waals surface area (Å²) >= 11 is 1.62. The fourth-order valence-corrected chi connectivity index (χ4v) is 3.95. The third kappa shape index (κ3) is 3.27. The Kier molecular flexibility index (Phi) is 4.68. The lowest BCUT2D eigenvalue weighted by molar-refractivity contribution is 0.266. The Morgan fingerprint density at radius 3 is 2.67 bits per heavy atom. The summed E-state index contributed by atoms with van der Waals surface area (Å²) in [4.78, 5) is 0.738. The van der Waals surface area contributed by atoms with Gasteiger partial charge in [-0.3, -0.25) is 0 Å². The highest BCUT2D eigenvalue weighted by Gasteiger charge is 2.30. The minimum absolute atomic E-state index is 0.124. The molecule has 3 heteroatoms. The molecule has 0 amide bonds. The molecule has 0 radical (unpaired) electrons. The third-order valence-corrected chi connectivity index (χ3v) is 5.37. The number of halogens is 1. The lowest BCUT2D eigenvalue weighted by atomic mass is 9.79. The predicted molar refractivity (Wildman–Crippen MR) is 76.2 cm³/mol. The maximum absolute atomic E-state index is 13.7. The van der Waals surface area contributed by atoms with Gasteiger partial charge in [0.1, 0.15) is 5.82 Å². The van der Waals surface area contributed by atoms with E-state index in [0.29, 0.717) is 11.2 Å². The van der Waals surface area contributed by atoms with Crippen LogP contribution in [0.3, 0.4) is 0 Å². The maximum atomic E-state index is 13.7. The van der Waals surface area contributed by atoms with Crippen LogP contribution in [-0.4, -0.2) is 11.3 Å². The zero-order valence-corrected chi connectivity index (χ0v) is 11.9. The van der Waals surface area contributed by atoms with Crippen molar-refractivity contribution in [1.29, 1.82) is 0 Å². The number of hydrogen-bond acceptors (Lipinski definition) is 2. The Morgan fingerprint density at radius 1 is 1.28 bits per heavy atom. The van der Waals surface area contributed by atoms with Crippen molar-refractivity contribution in [3.05, 3.63) is 30.1 Å². The summed E-state index contributed by atoms with van der Waals surface area (Å²) in [6.45, 7) is 4.54. The summed E-state index contributed by atoms with van der Waals surface area (Å²) < 4.78 is 13.7. The van der Waals surface area contributed by atoms with Crippen LogP contribution in [0.15, 0.2) is 29.2 Å². The Bertz CT molecular complexity index is 394. The van der Waals surface area contributed by atoms with Crippen LogP contribution in [0.5, 0.6) is 0 Å². The van der Waals surface area contributed by atoms with Crippen molar-refractivity contribution in [1.82, 2.24) is 0 Å². The fraction of sp³-hybridized carbons (Fsp3) is 0.600. The molecule has 1 aromatic rings. The van der Waals surface area contributed by atoms with Crippen LogP contribution in [0.2, 0.25) is 0 Å². The van der Waals surface area contributed by atoms with Crippen molar-refractivity contribution >= 4 is 11.8 Å². The van der Waals surface area contributed by atoms with E-state index >= 15 is 0 Å². The van der Waals surface area contributed by atoms with Crippen molar-refractivity contribution in [3.63, 3.8) is 0 Å². The second-order valence-electron chi connectivity index (χ2n) is 5.57. The predicted octanol–water partition coefficient (Wildman–Crippen LogP) is 4.07. The van der Waals surface area contributed by atoms with E-state index in [9.17, 15) is 4.39 Å². The van der Waals surface area contributed by atoms with Gasteiger partial charge in [0, 0.05) is 16.2 Å². The van der Waals surface area contributed by atoms with E-state index in [1.54, 1.807) is 17.8 Å². The molecule has 3 atom stereocenters. The van der Waals surface area contributed by atoms with Crippen LogP contribution in [0.1, 0.15) is 33.1 Å². The first kappa shape index (κ1) is 13.9. The van der Waals surface area contributed by atoms with Gasteiger partial charge < -0.3 is 5.73 Å². The molecule has 1 aromatic carbocycles. The summed E-state index contributed by atoms with van der Waals surface area (Å²) in [5.74, 6) is 1.30. The van der Waals surface area contributed by atoms with Gasteiger partial charge in [0.25, 0.3) is 0 Å². The molecule has 0 spiro atoms. The summed E-state index contributed by atoms with van der Waals surface area (Å²) in [7, 11) is 0. The van der Waals surface area contributed by atoms with Crippen molar-refractivity contribution in [3.8, 4) is 0 Å². The monoisotopic (exact) mass is 267 g/mol. The van der Waals surface area contributed by atoms with E-state index in [4.69, 9.17) is 5.73 Å². The molecule has 0 bridgehead atoms. The van der Waals surface area contributed by atoms with E-state index in [1.165, 1.54) is 12.5 Å². The van der Waals surface area contributed by atoms with Gasteiger partial charge in [-0.15, -0.1) is 11.8 Å². The Hall–Kier alpha value is -0.540. The van der Waals surface area contributed by atoms with E-state index in [0.717, 1.165) is 23.7 Å². The molecule has 0 heterocycles. The van der Waals surface area contributed by atoms with Gasteiger partial charge >= 0.3 is 0 Å². The Balaban J connectivity index is 2.05. The normalized spacial score (nSPS) is 28.6. The molecule has 1 aliphatic rings. The molecule has 2 rings (SSSR count). The molecule has 1 fully saturated rings. The van der Waals surface area contributed by atoms with E-state index in [2.05, 4.69) is 13.8 Å². The zero-order valence-electron chi connectivity index (χ0n) is 11.1. The van der Waals surface area contributed by atoms with Crippen molar-refractivity contribution < 1.29 is 4.39 Å². The lowest BCUT2D eigenvalue weighted by Gasteiger charge is -2.35. The average Bonchev–Trinajstić information content (AvgIpc) is 2.34. The molecule has 18 heavy (non-hydrogen) atoms. The van der Waals surface area contributed by atoms with Crippen LogP contribution < -0.4 is 5.73 Å². The second-order valence-corrected chi connectivity index (χ2v) is 6.85. The lowest BCUT2D eigenvalue weighted by Crippen LogP contribution is -2.39. The number of nitrogens with two attached hydrogens (primary N) is 1. The van der Waals surface area contributed by atoms with Crippen molar-refractivity contribution in [2.24, 2.45) is 17.6 Å². The molecule has 2 N–H and O–H groups in total. The van der Waals surface area contributed by atoms with Gasteiger partial charge in [0.15, 0.2) is 0 Å². The molecule has 3 unspecified atom stereocenters. The summed E-state index contributed by atoms with van der Waals surface area (Å²) in [5.41, 5.74) is 6.20. The molecule has 1 aliphatic carbocycles. The Labute approximate surface area is 113 Å². The SMILES string of the molecule is CC(C)C1CCC(N)C(Sc2ccccc2F)C1. The maximum Gasteiger partial charge on any atom is 0.136 e. The van der Waals surface area contributed by atoms with Gasteiger partial charge in [-0.05, 0) is 43.2 Å². The molecule has 1 saturated carbocycles. The first-order valence-electron chi connectivity index (χ1n) is 6.74. The summed E-state index contributed by atoms with van der Waals surface area (Å²) in [5, 5.41) is 0.350. The van der Waals surface area contributed by atoms with Crippen molar-refractivity contribution in [2.75, 3.05) is 0 Å². The summed E-state index contributed by atoms with van der Waals surface area (Å²) in [6, 6.07) is 7.20. The average molecular weight is 267 g/mol. The van der Waals surface area contributed by atoms with Crippen molar-refractivity contribution in [2.45, 2.75) is 49.3 Å². The zero-order chi connectivity index (χ0) is 13.1. The highest BCUT2D eigenvalue weighted by atomic mass is 32.2. The van der Waals surface area contributed by atoms with E-state index in [1.807, 2.05) is 12.1 Å². The van der Waals surface area contributed by atoms with E-state index < -0.39 is 0 Å². The minimum atomic E-state index is -0.124. The Morgan fingerprint density at radius 2 is 2.00 bits per heavy atom. The largest absolute Gasteiger partial charge is 0.327 e. The molecule has 0 aromatic heterocycles. The van der Waals surface area contributed by atoms with Gasteiger partial charge in [0.05, 0.1) is 0 Å². The van der Waals surface area contributed by atoms with Gasteiger partial charge in [0.2, 0.25) is 0 Å². The standard InChI is InChI=1S/C15H22FNS/c1-10(2)11-7-8-13(17)15(9-11)18-14-6-4-3-5-12(14)16/h3-6,10-11,13,15H,7-9,17H2,1-2H3. The molecular formula is C15H22FNS. The number of benzene rings is 1. The highest BCUT2D eigenvalue weighted by Crippen LogP contribution is 2.39. The fourth-order valence-electron chi connectivity index (χ4n) is 2.63. The number of thioether (sulfide) groups is 1. The smallest absolute Gasteiger partial charge is 0.136 e. The van der Waals surface area contributed by atoms with Gasteiger partial charge in [-0.2, -0.15) is 0 Å². The quantitative estimate of drug-likeness (QED) is 0.893. The van der Waals surface area contributed by atoms with Crippen LogP contribution in [-0.2, 0) is 0 Å². The molecule has 100 valence electrons. The van der Waals surface area contributed by atoms with Gasteiger partial charge in [-0.1, -0.05) is 26.0 Å². The highest BCUT2D eigenvalue weighted by molar-refractivity contribution is 8.00. The van der Waals surface area contributed by atoms with E-state index in [-0.39, 0.29) is 11.9 Å². The molecule has 1 nitrogen and oxygen atoms in total.